The molecule has 5 heteroatoms. The van der Waals surface area contributed by atoms with Crippen molar-refractivity contribution in [3.05, 3.63) is 22.7 Å². The number of carbonyl (C=O) groups excluding carboxylic acids is 2. The number of ether oxygens (including phenoxy) is 2. The van der Waals surface area contributed by atoms with Crippen LogP contribution >= 0.6 is 0 Å². The SMILES string of the molecule is [2H]C([2H])([2H])OC1=C(OC)C(=O)C(C)=C(CCCCCCCCCCO)C1=O. The largest absolute Gasteiger partial charge is 0.489 e. The molecule has 0 saturated carbocycles. The van der Waals surface area contributed by atoms with E-state index in [9.17, 15) is 9.59 Å². The number of carbonyl (C=O) groups is 2. The number of hydrogen-bond acceptors (Lipinski definition) is 5. The Hall–Kier alpha value is -1.62. The summed E-state index contributed by atoms with van der Waals surface area (Å²) in [6.45, 7) is 1.80. The van der Waals surface area contributed by atoms with E-state index in [4.69, 9.17) is 18.7 Å². The summed E-state index contributed by atoms with van der Waals surface area (Å²) in [6.07, 6.45) is 8.32. The summed E-state index contributed by atoms with van der Waals surface area (Å²) in [6, 6.07) is 0. The molecule has 0 aliphatic heterocycles. The van der Waals surface area contributed by atoms with Gasteiger partial charge in [0.15, 0.2) is 0 Å². The second-order valence-electron chi connectivity index (χ2n) is 6.03. The van der Waals surface area contributed by atoms with E-state index in [2.05, 4.69) is 0 Å². The number of hydrogen-bond donors (Lipinski definition) is 1. The maximum Gasteiger partial charge on any atom is 0.228 e. The summed E-state index contributed by atoms with van der Waals surface area (Å²) in [7, 11) is -1.62. The maximum absolute atomic E-state index is 12.7. The van der Waals surface area contributed by atoms with E-state index in [1.54, 1.807) is 6.92 Å². The molecule has 0 fully saturated rings. The molecular weight excluding hydrogens is 308 g/mol. The Bertz CT molecular complexity index is 591. The maximum atomic E-state index is 12.7. The molecule has 0 aromatic rings. The average Bonchev–Trinajstić information content (AvgIpc) is 2.60. The Balaban J connectivity index is 2.59. The van der Waals surface area contributed by atoms with Gasteiger partial charge in [-0.15, -0.1) is 0 Å². The smallest absolute Gasteiger partial charge is 0.228 e. The Morgan fingerprint density at radius 1 is 0.875 bits per heavy atom. The topological polar surface area (TPSA) is 72.8 Å². The van der Waals surface area contributed by atoms with E-state index in [0.29, 0.717) is 17.6 Å². The Kier molecular flexibility index (Phi) is 7.30. The van der Waals surface area contributed by atoms with Crippen LogP contribution in [0.5, 0.6) is 0 Å². The van der Waals surface area contributed by atoms with Gasteiger partial charge in [0.2, 0.25) is 23.1 Å². The van der Waals surface area contributed by atoms with Gasteiger partial charge in [-0.05, 0) is 26.2 Å². The van der Waals surface area contributed by atoms with Crippen molar-refractivity contribution in [3.8, 4) is 0 Å². The number of Topliss-reactive ketones (excluding diaryl/α,β-unsaturated/α-hetero) is 2. The van der Waals surface area contributed by atoms with E-state index >= 15 is 0 Å². The first-order chi connectivity index (χ1) is 12.7. The van der Waals surface area contributed by atoms with Crippen LogP contribution in [0.4, 0.5) is 0 Å². The van der Waals surface area contributed by atoms with Crippen LogP contribution in [-0.4, -0.2) is 37.4 Å². The van der Waals surface area contributed by atoms with Crippen LogP contribution in [0.1, 0.15) is 68.8 Å². The normalized spacial score (nSPS) is 17.7. The predicted molar refractivity (Wildman–Crippen MR) is 92.4 cm³/mol. The Morgan fingerprint density at radius 2 is 1.42 bits per heavy atom. The van der Waals surface area contributed by atoms with Gasteiger partial charge in [0.25, 0.3) is 0 Å². The average molecular weight is 341 g/mol. The zero-order valence-corrected chi connectivity index (χ0v) is 14.7. The predicted octanol–water partition coefficient (Wildman–Crippen LogP) is 3.46. The molecule has 1 N–H and O–H groups in total. The number of aliphatic hydroxyl groups is 1. The van der Waals surface area contributed by atoms with E-state index in [-0.39, 0.29) is 12.4 Å². The second kappa shape index (κ2) is 11.0. The number of methoxy groups -OCH3 is 2. The molecular formula is C19H30O5. The summed E-state index contributed by atoms with van der Waals surface area (Å²) in [4.78, 5) is 25.0. The number of rotatable bonds is 12. The number of allylic oxidation sites excluding steroid dienone is 2. The highest BCUT2D eigenvalue weighted by Crippen LogP contribution is 2.28. The Morgan fingerprint density at radius 3 is 1.96 bits per heavy atom. The molecule has 0 atom stereocenters. The molecule has 1 aliphatic carbocycles. The van der Waals surface area contributed by atoms with E-state index in [1.165, 1.54) is 7.11 Å². The summed E-state index contributed by atoms with van der Waals surface area (Å²) in [5.74, 6) is -1.95. The number of unbranched alkanes of at least 4 members (excludes halogenated alkanes) is 7. The van der Waals surface area contributed by atoms with Crippen LogP contribution < -0.4 is 0 Å². The van der Waals surface area contributed by atoms with Gasteiger partial charge in [0.05, 0.1) is 18.3 Å². The van der Waals surface area contributed by atoms with Gasteiger partial charge in [0, 0.05) is 17.8 Å². The summed E-state index contributed by atoms with van der Waals surface area (Å²) in [5, 5.41) is 8.73. The Labute approximate surface area is 148 Å². The van der Waals surface area contributed by atoms with Crippen molar-refractivity contribution in [1.29, 1.82) is 0 Å². The van der Waals surface area contributed by atoms with Crippen LogP contribution in [0.15, 0.2) is 22.7 Å². The minimum absolute atomic E-state index is 0.244. The lowest BCUT2D eigenvalue weighted by Gasteiger charge is -2.20. The van der Waals surface area contributed by atoms with Crippen molar-refractivity contribution in [1.82, 2.24) is 0 Å². The van der Waals surface area contributed by atoms with Crippen LogP contribution in [-0.2, 0) is 19.1 Å². The fourth-order valence-corrected chi connectivity index (χ4v) is 2.87. The van der Waals surface area contributed by atoms with Gasteiger partial charge in [-0.1, -0.05) is 38.5 Å². The fourth-order valence-electron chi connectivity index (χ4n) is 2.87. The van der Waals surface area contributed by atoms with Gasteiger partial charge in [-0.25, -0.2) is 0 Å². The first-order valence-electron chi connectivity index (χ1n) is 10.1. The monoisotopic (exact) mass is 341 g/mol. The molecule has 1 rings (SSSR count). The highest BCUT2D eigenvalue weighted by molar-refractivity contribution is 6.23. The highest BCUT2D eigenvalue weighted by atomic mass is 16.5. The highest BCUT2D eigenvalue weighted by Gasteiger charge is 2.34. The molecule has 0 unspecified atom stereocenters. The van der Waals surface area contributed by atoms with Gasteiger partial charge >= 0.3 is 0 Å². The molecule has 5 nitrogen and oxygen atoms in total. The molecule has 24 heavy (non-hydrogen) atoms. The second-order valence-corrected chi connectivity index (χ2v) is 6.03. The third-order valence-corrected chi connectivity index (χ3v) is 4.33. The zero-order valence-electron chi connectivity index (χ0n) is 17.7. The van der Waals surface area contributed by atoms with E-state index < -0.39 is 24.4 Å². The standard InChI is InChI=1S/C19H30O5/c1-14-15(12-10-8-6-4-5-7-9-11-13-20)17(22)19(24-3)18(23-2)16(14)21/h20H,4-13H2,1-3H3/i3D3. The lowest BCUT2D eigenvalue weighted by Crippen LogP contribution is -2.25. The first kappa shape index (κ1) is 15.9. The third kappa shape index (κ3) is 5.48. The van der Waals surface area contributed by atoms with Crippen molar-refractivity contribution < 1.29 is 28.3 Å². The van der Waals surface area contributed by atoms with Crippen molar-refractivity contribution in [2.24, 2.45) is 0 Å². The molecule has 0 amide bonds. The van der Waals surface area contributed by atoms with E-state index in [1.807, 2.05) is 0 Å². The third-order valence-electron chi connectivity index (χ3n) is 4.33. The van der Waals surface area contributed by atoms with E-state index in [0.717, 1.165) is 51.4 Å². The zero-order chi connectivity index (χ0) is 20.4. The number of aliphatic hydroxyl groups excluding tert-OH is 1. The van der Waals surface area contributed by atoms with Crippen LogP contribution in [0.2, 0.25) is 0 Å². The van der Waals surface area contributed by atoms with Gasteiger partial charge < -0.3 is 14.6 Å². The van der Waals surface area contributed by atoms with Gasteiger partial charge in [-0.2, -0.15) is 0 Å². The molecule has 0 heterocycles. The van der Waals surface area contributed by atoms with Crippen LogP contribution in [0, 0.1) is 0 Å². The van der Waals surface area contributed by atoms with Crippen LogP contribution in [0.3, 0.4) is 0 Å². The first-order valence-corrected chi connectivity index (χ1v) is 8.60. The molecule has 1 aliphatic rings. The summed E-state index contributed by atoms with van der Waals surface area (Å²) < 4.78 is 31.3. The molecule has 0 spiro atoms. The molecule has 136 valence electrons. The van der Waals surface area contributed by atoms with Crippen molar-refractivity contribution >= 4 is 11.6 Å². The lowest BCUT2D eigenvalue weighted by atomic mass is 9.89. The fraction of sp³-hybridized carbons (Fsp3) is 0.684. The number of ketones is 2. The van der Waals surface area contributed by atoms with Crippen molar-refractivity contribution in [2.45, 2.75) is 64.7 Å². The molecule has 0 saturated heterocycles. The molecule has 0 aromatic carbocycles. The van der Waals surface area contributed by atoms with Gasteiger partial charge in [0.1, 0.15) is 0 Å². The van der Waals surface area contributed by atoms with Crippen molar-refractivity contribution in [3.63, 3.8) is 0 Å². The molecule has 0 bridgehead atoms. The summed E-state index contributed by atoms with van der Waals surface area (Å²) >= 11 is 0. The summed E-state index contributed by atoms with van der Waals surface area (Å²) in [5.41, 5.74) is 0.599. The molecule has 0 aromatic heterocycles. The quantitative estimate of drug-likeness (QED) is 0.435. The van der Waals surface area contributed by atoms with Crippen molar-refractivity contribution in [2.75, 3.05) is 20.8 Å². The lowest BCUT2D eigenvalue weighted by molar-refractivity contribution is -0.121. The minimum Gasteiger partial charge on any atom is -0.489 e. The van der Waals surface area contributed by atoms with Gasteiger partial charge in [-0.3, -0.25) is 9.59 Å². The molecule has 0 radical (unpaired) electrons. The van der Waals surface area contributed by atoms with Crippen LogP contribution in [0.25, 0.3) is 0 Å². The minimum atomic E-state index is -2.83.